The molecule has 1 N–H and O–H groups in total. The number of piperidine rings is 1. The molecular weight excluding hydrogens is 334 g/mol. The summed E-state index contributed by atoms with van der Waals surface area (Å²) in [6.45, 7) is 5.79. The van der Waals surface area contributed by atoms with Crippen LogP contribution in [0.25, 0.3) is 0 Å². The van der Waals surface area contributed by atoms with E-state index in [4.69, 9.17) is 0 Å². The minimum Gasteiger partial charge on any atom is -0.348 e. The Balaban J connectivity index is 1.53. The Morgan fingerprint density at radius 2 is 1.73 bits per heavy atom. The number of nitrogens with zero attached hydrogens (tertiary/aromatic N) is 1. The van der Waals surface area contributed by atoms with E-state index < -0.39 is 17.5 Å². The van der Waals surface area contributed by atoms with Crippen LogP contribution in [-0.2, 0) is 13.1 Å². The molecule has 0 saturated carbocycles. The van der Waals surface area contributed by atoms with E-state index in [0.29, 0.717) is 0 Å². The first-order valence-electron chi connectivity index (χ1n) is 9.05. The molecule has 5 heteroatoms. The highest BCUT2D eigenvalue weighted by molar-refractivity contribution is 5.94. The maximum absolute atomic E-state index is 13.6. The summed E-state index contributed by atoms with van der Waals surface area (Å²) in [6.07, 6.45) is 2.50. The topological polar surface area (TPSA) is 32.3 Å². The SMILES string of the molecule is CC1CCN(Cc2ccc(CNC(=O)c3cccc(F)c3F)cc2)CC1. The van der Waals surface area contributed by atoms with Gasteiger partial charge in [0.05, 0.1) is 5.56 Å². The molecule has 1 saturated heterocycles. The lowest BCUT2D eigenvalue weighted by molar-refractivity contribution is 0.0946. The molecule has 1 fully saturated rings. The molecule has 138 valence electrons. The third kappa shape index (κ3) is 4.67. The van der Waals surface area contributed by atoms with Crippen LogP contribution in [0.1, 0.15) is 41.3 Å². The minimum atomic E-state index is -1.11. The Hall–Kier alpha value is -2.27. The number of hydrogen-bond donors (Lipinski definition) is 1. The van der Waals surface area contributed by atoms with Crippen LogP contribution in [0.5, 0.6) is 0 Å². The third-order valence-corrected chi connectivity index (χ3v) is 4.95. The van der Waals surface area contributed by atoms with Gasteiger partial charge in [-0.25, -0.2) is 8.78 Å². The molecule has 1 heterocycles. The lowest BCUT2D eigenvalue weighted by atomic mass is 9.99. The van der Waals surface area contributed by atoms with Gasteiger partial charge in [-0.1, -0.05) is 37.3 Å². The van der Waals surface area contributed by atoms with Crippen molar-refractivity contribution in [2.45, 2.75) is 32.9 Å². The van der Waals surface area contributed by atoms with Crippen molar-refractivity contribution < 1.29 is 13.6 Å². The summed E-state index contributed by atoms with van der Waals surface area (Å²) < 4.78 is 26.8. The largest absolute Gasteiger partial charge is 0.348 e. The van der Waals surface area contributed by atoms with E-state index in [1.165, 1.54) is 30.5 Å². The molecule has 2 aromatic rings. The van der Waals surface area contributed by atoms with Gasteiger partial charge in [0.1, 0.15) is 0 Å². The van der Waals surface area contributed by atoms with E-state index in [2.05, 4.69) is 29.3 Å². The molecule has 0 aromatic heterocycles. The van der Waals surface area contributed by atoms with Crippen LogP contribution < -0.4 is 5.32 Å². The second kappa shape index (κ2) is 8.41. The summed E-state index contributed by atoms with van der Waals surface area (Å²) >= 11 is 0. The van der Waals surface area contributed by atoms with Crippen molar-refractivity contribution in [2.75, 3.05) is 13.1 Å². The van der Waals surface area contributed by atoms with Crippen molar-refractivity contribution in [2.24, 2.45) is 5.92 Å². The molecule has 26 heavy (non-hydrogen) atoms. The van der Waals surface area contributed by atoms with Gasteiger partial charge in [0.2, 0.25) is 0 Å². The number of rotatable bonds is 5. The first-order chi connectivity index (χ1) is 12.5. The highest BCUT2D eigenvalue weighted by Crippen LogP contribution is 2.18. The van der Waals surface area contributed by atoms with Crippen LogP contribution in [0, 0.1) is 17.6 Å². The van der Waals surface area contributed by atoms with Crippen molar-refractivity contribution in [3.8, 4) is 0 Å². The fourth-order valence-electron chi connectivity index (χ4n) is 3.20. The van der Waals surface area contributed by atoms with Crippen molar-refractivity contribution in [1.29, 1.82) is 0 Å². The van der Waals surface area contributed by atoms with Gasteiger partial charge >= 0.3 is 0 Å². The maximum atomic E-state index is 13.6. The molecule has 1 aliphatic heterocycles. The Kier molecular flexibility index (Phi) is 5.99. The Bertz CT molecular complexity index is 753. The monoisotopic (exact) mass is 358 g/mol. The maximum Gasteiger partial charge on any atom is 0.254 e. The number of carbonyl (C=O) groups is 1. The molecule has 0 aliphatic carbocycles. The van der Waals surface area contributed by atoms with Crippen LogP contribution in [0.2, 0.25) is 0 Å². The van der Waals surface area contributed by atoms with E-state index >= 15 is 0 Å². The predicted molar refractivity (Wildman–Crippen MR) is 97.6 cm³/mol. The van der Waals surface area contributed by atoms with E-state index in [1.54, 1.807) is 0 Å². The third-order valence-electron chi connectivity index (χ3n) is 4.95. The van der Waals surface area contributed by atoms with Crippen molar-refractivity contribution in [3.05, 3.63) is 70.8 Å². The van der Waals surface area contributed by atoms with Gasteiger partial charge in [0.25, 0.3) is 5.91 Å². The van der Waals surface area contributed by atoms with E-state index in [1.807, 2.05) is 12.1 Å². The highest BCUT2D eigenvalue weighted by atomic mass is 19.2. The zero-order valence-corrected chi connectivity index (χ0v) is 15.0. The second-order valence-corrected chi connectivity index (χ2v) is 7.06. The van der Waals surface area contributed by atoms with Crippen LogP contribution in [0.15, 0.2) is 42.5 Å². The normalized spacial score (nSPS) is 15.8. The number of carbonyl (C=O) groups excluding carboxylic acids is 1. The number of amides is 1. The minimum absolute atomic E-state index is 0.274. The van der Waals surface area contributed by atoms with Crippen LogP contribution in [0.4, 0.5) is 8.78 Å². The quantitative estimate of drug-likeness (QED) is 0.872. The summed E-state index contributed by atoms with van der Waals surface area (Å²) in [6, 6.07) is 11.6. The Morgan fingerprint density at radius 3 is 2.42 bits per heavy atom. The molecule has 3 nitrogen and oxygen atoms in total. The molecule has 1 amide bonds. The average Bonchev–Trinajstić information content (AvgIpc) is 2.65. The Morgan fingerprint density at radius 1 is 1.08 bits per heavy atom. The standard InChI is InChI=1S/C21H24F2N2O/c1-15-9-11-25(12-10-15)14-17-7-5-16(6-8-17)13-24-21(26)18-3-2-4-19(22)20(18)23/h2-8,15H,9-14H2,1H3,(H,24,26). The number of nitrogens with one attached hydrogen (secondary N) is 1. The molecule has 0 unspecified atom stereocenters. The molecular formula is C21H24F2N2O. The zero-order chi connectivity index (χ0) is 18.5. The predicted octanol–water partition coefficient (Wildman–Crippen LogP) is 4.13. The van der Waals surface area contributed by atoms with Gasteiger partial charge in [-0.15, -0.1) is 0 Å². The number of halogens is 2. The van der Waals surface area contributed by atoms with E-state index in [9.17, 15) is 13.6 Å². The van der Waals surface area contributed by atoms with E-state index in [0.717, 1.165) is 37.2 Å². The summed E-state index contributed by atoms with van der Waals surface area (Å²) in [5.41, 5.74) is 1.89. The van der Waals surface area contributed by atoms with Gasteiger partial charge in [-0.05, 0) is 55.1 Å². The van der Waals surface area contributed by atoms with Gasteiger partial charge in [-0.3, -0.25) is 9.69 Å². The average molecular weight is 358 g/mol. The summed E-state index contributed by atoms with van der Waals surface area (Å²) in [5, 5.41) is 2.63. The molecule has 0 radical (unpaired) electrons. The second-order valence-electron chi connectivity index (χ2n) is 7.06. The molecule has 0 bridgehead atoms. The first kappa shape index (κ1) is 18.5. The molecule has 2 aromatic carbocycles. The first-order valence-corrected chi connectivity index (χ1v) is 9.05. The number of hydrogen-bond acceptors (Lipinski definition) is 2. The lowest BCUT2D eigenvalue weighted by Crippen LogP contribution is -2.32. The van der Waals surface area contributed by atoms with Crippen molar-refractivity contribution in [3.63, 3.8) is 0 Å². The highest BCUT2D eigenvalue weighted by Gasteiger charge is 2.16. The zero-order valence-electron chi connectivity index (χ0n) is 15.0. The van der Waals surface area contributed by atoms with Gasteiger partial charge < -0.3 is 5.32 Å². The fourth-order valence-corrected chi connectivity index (χ4v) is 3.20. The fraction of sp³-hybridized carbons (Fsp3) is 0.381. The molecule has 0 spiro atoms. The van der Waals surface area contributed by atoms with Crippen LogP contribution in [0.3, 0.4) is 0 Å². The molecule has 0 atom stereocenters. The van der Waals surface area contributed by atoms with Crippen molar-refractivity contribution >= 4 is 5.91 Å². The number of benzene rings is 2. The van der Waals surface area contributed by atoms with Crippen molar-refractivity contribution in [1.82, 2.24) is 10.2 Å². The smallest absolute Gasteiger partial charge is 0.254 e. The number of likely N-dealkylation sites (tertiary alicyclic amines) is 1. The van der Waals surface area contributed by atoms with Crippen LogP contribution in [-0.4, -0.2) is 23.9 Å². The van der Waals surface area contributed by atoms with Gasteiger partial charge in [-0.2, -0.15) is 0 Å². The summed E-state index contributed by atoms with van der Waals surface area (Å²) in [4.78, 5) is 14.5. The van der Waals surface area contributed by atoms with Gasteiger partial charge in [0, 0.05) is 13.1 Å². The van der Waals surface area contributed by atoms with Crippen LogP contribution >= 0.6 is 0 Å². The van der Waals surface area contributed by atoms with E-state index in [-0.39, 0.29) is 12.1 Å². The molecule has 1 aliphatic rings. The van der Waals surface area contributed by atoms with Gasteiger partial charge in [0.15, 0.2) is 11.6 Å². The summed E-state index contributed by atoms with van der Waals surface area (Å²) in [5.74, 6) is -1.93. The summed E-state index contributed by atoms with van der Waals surface area (Å²) in [7, 11) is 0. The lowest BCUT2D eigenvalue weighted by Gasteiger charge is -2.30. The Labute approximate surface area is 153 Å². The molecule has 3 rings (SSSR count).